The lowest BCUT2D eigenvalue weighted by Crippen LogP contribution is -2.42. The molecule has 0 bridgehead atoms. The number of benzene rings is 3. The maximum Gasteiger partial charge on any atom is 0.234 e. The molecule has 0 saturated heterocycles. The predicted octanol–water partition coefficient (Wildman–Crippen LogP) is 3.19. The molecule has 3 aromatic rings. The van der Waals surface area contributed by atoms with E-state index in [1.807, 2.05) is 66.7 Å². The molecular formula is C27H30N2O5. The molecule has 1 heterocycles. The third-order valence-electron chi connectivity index (χ3n) is 5.62. The monoisotopic (exact) mass is 462 g/mol. The molecule has 0 aromatic heterocycles. The van der Waals surface area contributed by atoms with Crippen LogP contribution in [0.15, 0.2) is 78.9 Å². The van der Waals surface area contributed by atoms with Gasteiger partial charge in [0.25, 0.3) is 0 Å². The molecule has 7 nitrogen and oxygen atoms in total. The number of methoxy groups -OCH3 is 1. The Morgan fingerprint density at radius 1 is 1.09 bits per heavy atom. The molecule has 0 unspecified atom stereocenters. The van der Waals surface area contributed by atoms with Gasteiger partial charge in [-0.3, -0.25) is 9.69 Å². The number of aliphatic hydroxyl groups is 1. The summed E-state index contributed by atoms with van der Waals surface area (Å²) in [5.41, 5.74) is 2.11. The summed E-state index contributed by atoms with van der Waals surface area (Å²) in [7, 11) is 1.58. The number of hydrogen-bond donors (Lipinski definition) is 2. The number of carbonyl (C=O) groups is 1. The molecule has 1 amide bonds. The molecule has 1 aliphatic heterocycles. The topological polar surface area (TPSA) is 80.3 Å². The Bertz CT molecular complexity index is 1080. The molecule has 0 aliphatic carbocycles. The van der Waals surface area contributed by atoms with Gasteiger partial charge in [-0.05, 0) is 23.8 Å². The fourth-order valence-electron chi connectivity index (χ4n) is 3.87. The van der Waals surface area contributed by atoms with E-state index in [9.17, 15) is 9.90 Å². The minimum Gasteiger partial charge on any atom is -0.497 e. The lowest BCUT2D eigenvalue weighted by molar-refractivity contribution is -0.123. The molecule has 1 aliphatic rings. The predicted molar refractivity (Wildman–Crippen MR) is 129 cm³/mol. The summed E-state index contributed by atoms with van der Waals surface area (Å²) in [5, 5.41) is 13.1. The summed E-state index contributed by atoms with van der Waals surface area (Å²) >= 11 is 0. The number of amides is 1. The van der Waals surface area contributed by atoms with Crippen molar-refractivity contribution in [1.29, 1.82) is 0 Å². The van der Waals surface area contributed by atoms with E-state index in [1.54, 1.807) is 19.2 Å². The highest BCUT2D eigenvalue weighted by molar-refractivity contribution is 5.78. The number of para-hydroxylation sites is 1. The summed E-state index contributed by atoms with van der Waals surface area (Å²) in [5.74, 6) is 1.95. The smallest absolute Gasteiger partial charge is 0.234 e. The maximum atomic E-state index is 12.7. The van der Waals surface area contributed by atoms with Gasteiger partial charge in [-0.25, -0.2) is 0 Å². The van der Waals surface area contributed by atoms with Crippen LogP contribution in [0.5, 0.6) is 17.2 Å². The number of rotatable bonds is 9. The number of ether oxygens (including phenoxy) is 3. The number of nitrogens with one attached hydrogen (secondary N) is 1. The van der Waals surface area contributed by atoms with Gasteiger partial charge in [-0.1, -0.05) is 54.6 Å². The van der Waals surface area contributed by atoms with Gasteiger partial charge < -0.3 is 24.6 Å². The van der Waals surface area contributed by atoms with Crippen molar-refractivity contribution in [2.24, 2.45) is 0 Å². The fraction of sp³-hybridized carbons (Fsp3) is 0.296. The molecule has 2 N–H and O–H groups in total. The van der Waals surface area contributed by atoms with Gasteiger partial charge in [-0.15, -0.1) is 0 Å². The van der Waals surface area contributed by atoms with E-state index in [4.69, 9.17) is 14.2 Å². The molecule has 0 spiro atoms. The summed E-state index contributed by atoms with van der Waals surface area (Å²) in [4.78, 5) is 14.7. The van der Waals surface area contributed by atoms with E-state index in [0.717, 1.165) is 16.9 Å². The minimum atomic E-state index is -0.833. The molecule has 2 atom stereocenters. The van der Waals surface area contributed by atoms with Gasteiger partial charge in [-0.2, -0.15) is 0 Å². The second kappa shape index (κ2) is 11.5. The van der Waals surface area contributed by atoms with Crippen LogP contribution in [0.2, 0.25) is 0 Å². The van der Waals surface area contributed by atoms with Gasteiger partial charge in [0.2, 0.25) is 5.91 Å². The first-order chi connectivity index (χ1) is 16.6. The minimum absolute atomic E-state index is 0.0639. The third-order valence-corrected chi connectivity index (χ3v) is 5.62. The van der Waals surface area contributed by atoms with Crippen molar-refractivity contribution < 1.29 is 24.1 Å². The van der Waals surface area contributed by atoms with E-state index in [1.165, 1.54) is 0 Å². The third kappa shape index (κ3) is 6.50. The van der Waals surface area contributed by atoms with E-state index in [0.29, 0.717) is 24.6 Å². The maximum absolute atomic E-state index is 12.7. The first-order valence-corrected chi connectivity index (χ1v) is 11.3. The van der Waals surface area contributed by atoms with Crippen molar-refractivity contribution in [2.75, 3.05) is 33.4 Å². The summed E-state index contributed by atoms with van der Waals surface area (Å²) in [6.45, 7) is 1.55. The number of carbonyl (C=O) groups excluding carboxylic acids is 1. The van der Waals surface area contributed by atoms with E-state index in [2.05, 4.69) is 10.2 Å². The zero-order chi connectivity index (χ0) is 23.8. The fourth-order valence-corrected chi connectivity index (χ4v) is 3.87. The van der Waals surface area contributed by atoms with Crippen molar-refractivity contribution in [3.05, 3.63) is 90.0 Å². The van der Waals surface area contributed by atoms with E-state index < -0.39 is 6.10 Å². The lowest BCUT2D eigenvalue weighted by atomic mass is 10.1. The van der Waals surface area contributed by atoms with Crippen LogP contribution in [0.4, 0.5) is 0 Å². The Kier molecular flexibility index (Phi) is 8.01. The van der Waals surface area contributed by atoms with Crippen LogP contribution in [0.3, 0.4) is 0 Å². The zero-order valence-corrected chi connectivity index (χ0v) is 19.2. The standard InChI is InChI=1S/C27H30N2O5/c1-32-23-11-7-12-24(14-23)33-19-22(30)15-28-27(31)18-29-16-21-10-5-6-13-25(21)34-26(17-29)20-8-3-2-4-9-20/h2-14,22,26,30H,15-19H2,1H3,(H,28,31)/t22-,26+/m1/s1. The Labute approximate surface area is 199 Å². The summed E-state index contributed by atoms with van der Waals surface area (Å²) in [6.07, 6.45) is -1.01. The van der Waals surface area contributed by atoms with Gasteiger partial charge in [0.15, 0.2) is 0 Å². The highest BCUT2D eigenvalue weighted by Gasteiger charge is 2.25. The summed E-state index contributed by atoms with van der Waals surface area (Å²) in [6, 6.07) is 25.1. The Morgan fingerprint density at radius 3 is 2.68 bits per heavy atom. The number of aliphatic hydroxyl groups excluding tert-OH is 1. The normalized spacial score (nSPS) is 16.5. The molecule has 178 valence electrons. The molecule has 3 aromatic carbocycles. The van der Waals surface area contributed by atoms with Crippen LogP contribution in [0.1, 0.15) is 17.2 Å². The van der Waals surface area contributed by atoms with E-state index in [-0.39, 0.29) is 31.7 Å². The molecule has 34 heavy (non-hydrogen) atoms. The van der Waals surface area contributed by atoms with E-state index >= 15 is 0 Å². The first-order valence-electron chi connectivity index (χ1n) is 11.3. The van der Waals surface area contributed by atoms with Crippen LogP contribution in [-0.2, 0) is 11.3 Å². The highest BCUT2D eigenvalue weighted by Crippen LogP contribution is 2.30. The van der Waals surface area contributed by atoms with Crippen LogP contribution in [-0.4, -0.2) is 55.4 Å². The van der Waals surface area contributed by atoms with Gasteiger partial charge in [0.05, 0.1) is 13.7 Å². The summed E-state index contributed by atoms with van der Waals surface area (Å²) < 4.78 is 17.1. The number of fused-ring (bicyclic) bond motifs is 1. The average Bonchev–Trinajstić information content (AvgIpc) is 3.06. The van der Waals surface area contributed by atoms with Gasteiger partial charge >= 0.3 is 0 Å². The molecule has 4 rings (SSSR count). The average molecular weight is 463 g/mol. The number of nitrogens with zero attached hydrogens (tertiary/aromatic N) is 1. The van der Waals surface area contributed by atoms with Gasteiger partial charge in [0.1, 0.15) is 36.1 Å². The first kappa shape index (κ1) is 23.6. The van der Waals surface area contributed by atoms with Crippen LogP contribution < -0.4 is 19.5 Å². The van der Waals surface area contributed by atoms with Crippen molar-refractivity contribution in [1.82, 2.24) is 10.2 Å². The van der Waals surface area contributed by atoms with Crippen molar-refractivity contribution >= 4 is 5.91 Å². The molecule has 0 saturated carbocycles. The van der Waals surface area contributed by atoms with Crippen molar-refractivity contribution in [3.8, 4) is 17.2 Å². The molecule has 0 fully saturated rings. The Hall–Kier alpha value is -3.55. The molecule has 7 heteroatoms. The van der Waals surface area contributed by atoms with Gasteiger partial charge in [0, 0.05) is 31.3 Å². The largest absolute Gasteiger partial charge is 0.497 e. The van der Waals surface area contributed by atoms with Crippen molar-refractivity contribution in [3.63, 3.8) is 0 Å². The second-order valence-corrected chi connectivity index (χ2v) is 8.24. The van der Waals surface area contributed by atoms with Crippen LogP contribution in [0.25, 0.3) is 0 Å². The van der Waals surface area contributed by atoms with Crippen LogP contribution in [0, 0.1) is 0 Å². The Morgan fingerprint density at radius 2 is 1.85 bits per heavy atom. The molecule has 0 radical (unpaired) electrons. The quantitative estimate of drug-likeness (QED) is 0.509. The lowest BCUT2D eigenvalue weighted by Gasteiger charge is -2.24. The molecular weight excluding hydrogens is 432 g/mol. The number of hydrogen-bond acceptors (Lipinski definition) is 6. The SMILES string of the molecule is COc1cccc(OC[C@H](O)CNC(=O)CN2Cc3ccccc3O[C@H](c3ccccc3)C2)c1. The zero-order valence-electron chi connectivity index (χ0n) is 19.2. The van der Waals surface area contributed by atoms with Crippen molar-refractivity contribution in [2.45, 2.75) is 18.8 Å². The Balaban J connectivity index is 1.31. The highest BCUT2D eigenvalue weighted by atomic mass is 16.5. The second-order valence-electron chi connectivity index (χ2n) is 8.24. The van der Waals surface area contributed by atoms with Crippen LogP contribution >= 0.6 is 0 Å².